The van der Waals surface area contributed by atoms with E-state index in [0.717, 1.165) is 17.7 Å². The second kappa shape index (κ2) is 11.7. The number of hydrogen-bond acceptors (Lipinski definition) is 4. The number of aromatic nitrogens is 1. The number of ether oxygens (including phenoxy) is 1. The highest BCUT2D eigenvalue weighted by Crippen LogP contribution is 2.27. The number of pyridine rings is 1. The normalized spacial score (nSPS) is 10.5. The van der Waals surface area contributed by atoms with Gasteiger partial charge in [0.25, 0.3) is 0 Å². The minimum absolute atomic E-state index is 0.266. The fourth-order valence-corrected chi connectivity index (χ4v) is 3.75. The van der Waals surface area contributed by atoms with Gasteiger partial charge in [-0.05, 0) is 64.7 Å². The fourth-order valence-electron chi connectivity index (χ4n) is 3.75. The fraction of sp³-hybridized carbons (Fsp3) is 0.172. The summed E-state index contributed by atoms with van der Waals surface area (Å²) in [4.78, 5) is 18.3. The smallest absolute Gasteiger partial charge is 0.319 e. The van der Waals surface area contributed by atoms with Gasteiger partial charge in [0.1, 0.15) is 5.75 Å². The van der Waals surface area contributed by atoms with E-state index in [4.69, 9.17) is 4.74 Å². The molecule has 4 aromatic rings. The van der Waals surface area contributed by atoms with E-state index < -0.39 is 0 Å². The van der Waals surface area contributed by atoms with Crippen molar-refractivity contribution in [2.24, 2.45) is 0 Å². The summed E-state index contributed by atoms with van der Waals surface area (Å²) in [6.45, 7) is 0.977. The lowest BCUT2D eigenvalue weighted by molar-refractivity contribution is 0.251. The molecular weight excluding hydrogens is 436 g/mol. The summed E-state index contributed by atoms with van der Waals surface area (Å²) in [7, 11) is 4.10. The largest absolute Gasteiger partial charge is 0.493 e. The van der Waals surface area contributed by atoms with Crippen LogP contribution in [0.1, 0.15) is 11.1 Å². The molecule has 0 atom stereocenters. The van der Waals surface area contributed by atoms with E-state index in [1.165, 1.54) is 22.4 Å². The maximum absolute atomic E-state index is 12.1. The number of anilines is 2. The van der Waals surface area contributed by atoms with Crippen LogP contribution in [-0.2, 0) is 13.0 Å². The predicted octanol–water partition coefficient (Wildman–Crippen LogP) is 5.76. The van der Waals surface area contributed by atoms with Crippen LogP contribution in [0.25, 0.3) is 11.1 Å². The van der Waals surface area contributed by atoms with Gasteiger partial charge in [-0.3, -0.25) is 4.98 Å². The summed E-state index contributed by atoms with van der Waals surface area (Å²) in [5.41, 5.74) is 6.48. The zero-order chi connectivity index (χ0) is 24.5. The van der Waals surface area contributed by atoms with Crippen LogP contribution < -0.4 is 20.3 Å². The summed E-state index contributed by atoms with van der Waals surface area (Å²) >= 11 is 0. The van der Waals surface area contributed by atoms with Crippen LogP contribution in [0.4, 0.5) is 16.2 Å². The number of benzene rings is 3. The summed E-state index contributed by atoms with van der Waals surface area (Å²) < 4.78 is 5.98. The Labute approximate surface area is 206 Å². The Bertz CT molecular complexity index is 1240. The van der Waals surface area contributed by atoms with Gasteiger partial charge in [-0.2, -0.15) is 0 Å². The lowest BCUT2D eigenvalue weighted by Gasteiger charge is -2.15. The molecule has 35 heavy (non-hydrogen) atoms. The van der Waals surface area contributed by atoms with Crippen LogP contribution in [0, 0.1) is 0 Å². The summed E-state index contributed by atoms with van der Waals surface area (Å²) in [5.74, 6) is 0.762. The topological polar surface area (TPSA) is 66.5 Å². The summed E-state index contributed by atoms with van der Waals surface area (Å²) in [6.07, 6.45) is 4.22. The minimum Gasteiger partial charge on any atom is -0.493 e. The Morgan fingerprint density at radius 3 is 2.54 bits per heavy atom. The quantitative estimate of drug-likeness (QED) is 0.329. The van der Waals surface area contributed by atoms with E-state index >= 15 is 0 Å². The van der Waals surface area contributed by atoms with Gasteiger partial charge >= 0.3 is 6.03 Å². The van der Waals surface area contributed by atoms with Crippen LogP contribution in [0.15, 0.2) is 97.3 Å². The van der Waals surface area contributed by atoms with Gasteiger partial charge in [0.15, 0.2) is 0 Å². The SMILES string of the molecule is CN(C)c1cccc(-c2ccccc2CCOc2ccc(NC(=O)NCc3cccnc3)cc2)c1. The monoisotopic (exact) mass is 466 g/mol. The third-order valence-electron chi connectivity index (χ3n) is 5.62. The molecular formula is C29H30N4O2. The number of nitrogens with one attached hydrogen (secondary N) is 2. The van der Waals surface area contributed by atoms with Crippen molar-refractivity contribution < 1.29 is 9.53 Å². The lowest BCUT2D eigenvalue weighted by Crippen LogP contribution is -2.28. The molecule has 0 aliphatic heterocycles. The number of carbonyl (C=O) groups is 1. The molecule has 2 amide bonds. The van der Waals surface area contributed by atoms with E-state index in [1.807, 2.05) is 36.4 Å². The maximum atomic E-state index is 12.1. The molecule has 6 nitrogen and oxygen atoms in total. The van der Waals surface area contributed by atoms with Gasteiger partial charge in [0, 0.05) is 50.8 Å². The highest BCUT2D eigenvalue weighted by atomic mass is 16.5. The number of carbonyl (C=O) groups excluding carboxylic acids is 1. The van der Waals surface area contributed by atoms with Gasteiger partial charge in [-0.1, -0.05) is 42.5 Å². The third-order valence-corrected chi connectivity index (χ3v) is 5.62. The van der Waals surface area contributed by atoms with Crippen molar-refractivity contribution >= 4 is 17.4 Å². The summed E-state index contributed by atoms with van der Waals surface area (Å²) in [5, 5.41) is 5.65. The predicted molar refractivity (Wildman–Crippen MR) is 142 cm³/mol. The van der Waals surface area contributed by atoms with E-state index in [0.29, 0.717) is 18.8 Å². The first-order valence-electron chi connectivity index (χ1n) is 11.6. The number of rotatable bonds is 9. The van der Waals surface area contributed by atoms with Gasteiger partial charge < -0.3 is 20.3 Å². The molecule has 0 aliphatic carbocycles. The molecule has 0 fully saturated rings. The number of urea groups is 1. The van der Waals surface area contributed by atoms with Crippen LogP contribution >= 0.6 is 0 Å². The van der Waals surface area contributed by atoms with E-state index in [1.54, 1.807) is 12.4 Å². The Kier molecular flexibility index (Phi) is 7.96. The zero-order valence-corrected chi connectivity index (χ0v) is 20.1. The molecule has 1 aromatic heterocycles. The highest BCUT2D eigenvalue weighted by molar-refractivity contribution is 5.89. The first-order valence-corrected chi connectivity index (χ1v) is 11.6. The molecule has 178 valence electrons. The van der Waals surface area contributed by atoms with E-state index in [9.17, 15) is 4.79 Å². The van der Waals surface area contributed by atoms with Crippen LogP contribution in [0.5, 0.6) is 5.75 Å². The molecule has 6 heteroatoms. The van der Waals surface area contributed by atoms with Crippen molar-refractivity contribution in [2.75, 3.05) is 30.9 Å². The molecule has 3 aromatic carbocycles. The first-order chi connectivity index (χ1) is 17.1. The van der Waals surface area contributed by atoms with Gasteiger partial charge in [-0.25, -0.2) is 4.79 Å². The minimum atomic E-state index is -0.266. The number of amides is 2. The second-order valence-corrected chi connectivity index (χ2v) is 8.39. The molecule has 0 unspecified atom stereocenters. The number of nitrogens with zero attached hydrogens (tertiary/aromatic N) is 2. The van der Waals surface area contributed by atoms with Crippen molar-refractivity contribution in [1.29, 1.82) is 0 Å². The van der Waals surface area contributed by atoms with E-state index in [2.05, 4.69) is 83.1 Å². The molecule has 0 bridgehead atoms. The van der Waals surface area contributed by atoms with Crippen molar-refractivity contribution in [2.45, 2.75) is 13.0 Å². The lowest BCUT2D eigenvalue weighted by atomic mass is 9.97. The zero-order valence-electron chi connectivity index (χ0n) is 20.1. The highest BCUT2D eigenvalue weighted by Gasteiger charge is 2.07. The Hall–Kier alpha value is -4.32. The van der Waals surface area contributed by atoms with Crippen molar-refractivity contribution in [3.8, 4) is 16.9 Å². The average molecular weight is 467 g/mol. The standard InChI is InChI=1S/C29H30N4O2/c1-33(2)26-10-5-9-24(19-26)28-11-4-3-8-23(28)16-18-35-27-14-12-25(13-15-27)32-29(34)31-21-22-7-6-17-30-20-22/h3-15,17,19-20H,16,18,21H2,1-2H3,(H2,31,32,34). The van der Waals surface area contributed by atoms with Crippen molar-refractivity contribution in [3.05, 3.63) is 108 Å². The first kappa shape index (κ1) is 23.8. The van der Waals surface area contributed by atoms with Gasteiger partial charge in [0.05, 0.1) is 6.61 Å². The third kappa shape index (κ3) is 6.84. The molecule has 0 spiro atoms. The molecule has 4 rings (SSSR count). The molecule has 0 radical (unpaired) electrons. The Morgan fingerprint density at radius 1 is 0.943 bits per heavy atom. The molecule has 0 saturated carbocycles. The number of hydrogen-bond donors (Lipinski definition) is 2. The summed E-state index contributed by atoms with van der Waals surface area (Å²) in [6, 6.07) is 27.9. The maximum Gasteiger partial charge on any atom is 0.319 e. The second-order valence-electron chi connectivity index (χ2n) is 8.39. The Morgan fingerprint density at radius 2 is 1.77 bits per heavy atom. The van der Waals surface area contributed by atoms with Crippen molar-refractivity contribution in [1.82, 2.24) is 10.3 Å². The molecule has 0 aliphatic rings. The average Bonchev–Trinajstić information content (AvgIpc) is 2.89. The van der Waals surface area contributed by atoms with E-state index in [-0.39, 0.29) is 6.03 Å². The molecule has 2 N–H and O–H groups in total. The molecule has 1 heterocycles. The Balaban J connectivity index is 1.29. The van der Waals surface area contributed by atoms with Crippen LogP contribution in [0.2, 0.25) is 0 Å². The van der Waals surface area contributed by atoms with Crippen LogP contribution in [0.3, 0.4) is 0 Å². The van der Waals surface area contributed by atoms with Gasteiger partial charge in [-0.15, -0.1) is 0 Å². The van der Waals surface area contributed by atoms with Gasteiger partial charge in [0.2, 0.25) is 0 Å². The van der Waals surface area contributed by atoms with Crippen molar-refractivity contribution in [3.63, 3.8) is 0 Å². The molecule has 0 saturated heterocycles. The van der Waals surface area contributed by atoms with Crippen LogP contribution in [-0.4, -0.2) is 31.7 Å².